The zero-order chi connectivity index (χ0) is 33.7. The SMILES string of the molecule is C/C=C/C(=O)OC1CC(O)C2(C(=O)OC)COC3C2C12COC(O)(C(=O)OC)C2C(C)(C12OC1(C)C1CC2OC2OC=CC21O)C3O. The normalized spacial score (nSPS) is 57.4. The summed E-state index contributed by atoms with van der Waals surface area (Å²) in [5.74, 6) is -8.89. The van der Waals surface area contributed by atoms with E-state index in [0.717, 1.165) is 14.2 Å². The number of hydrogen-bond acceptors (Lipinski definition) is 15. The quantitative estimate of drug-likeness (QED) is 0.118. The molecule has 0 aromatic heterocycles. The molecule has 8 rings (SSSR count). The third-order valence-corrected chi connectivity index (χ3v) is 13.4. The molecule has 3 aliphatic carbocycles. The number of fused-ring (bicyclic) bond motifs is 7. The number of carbonyl (C=O) groups excluding carboxylic acids is 3. The Morgan fingerprint density at radius 1 is 1.02 bits per heavy atom. The summed E-state index contributed by atoms with van der Waals surface area (Å²) in [6.07, 6.45) is -2.02. The first-order valence-electron chi connectivity index (χ1n) is 15.9. The number of ether oxygens (including phenoxy) is 8. The molecule has 16 unspecified atom stereocenters. The molecule has 0 aromatic rings. The molecule has 0 amide bonds. The van der Waals surface area contributed by atoms with Crippen molar-refractivity contribution in [1.82, 2.24) is 0 Å². The van der Waals surface area contributed by atoms with Gasteiger partial charge in [-0.05, 0) is 26.3 Å². The predicted octanol–water partition coefficient (Wildman–Crippen LogP) is -1.16. The van der Waals surface area contributed by atoms with Crippen molar-refractivity contribution >= 4 is 17.9 Å². The Balaban J connectivity index is 1.39. The molecule has 4 saturated heterocycles. The van der Waals surface area contributed by atoms with Crippen LogP contribution >= 0.6 is 0 Å². The zero-order valence-corrected chi connectivity index (χ0v) is 26.6. The van der Waals surface area contributed by atoms with Gasteiger partial charge in [-0.1, -0.05) is 13.0 Å². The van der Waals surface area contributed by atoms with Crippen LogP contribution in [0.3, 0.4) is 0 Å². The van der Waals surface area contributed by atoms with Gasteiger partial charge in [0.25, 0.3) is 5.79 Å². The molecule has 0 radical (unpaired) electrons. The maximum atomic E-state index is 13.8. The van der Waals surface area contributed by atoms with E-state index in [1.165, 1.54) is 24.5 Å². The molecule has 5 heterocycles. The molecule has 7 fully saturated rings. The monoisotopic (exact) mass is 664 g/mol. The molecule has 1 spiro atoms. The number of aliphatic hydroxyl groups is 4. The smallest absolute Gasteiger partial charge is 0.366 e. The van der Waals surface area contributed by atoms with E-state index < -0.39 is 118 Å². The summed E-state index contributed by atoms with van der Waals surface area (Å²) < 4.78 is 47.4. The number of hydrogen-bond donors (Lipinski definition) is 4. The highest BCUT2D eigenvalue weighted by Crippen LogP contribution is 2.82. The second kappa shape index (κ2) is 9.33. The van der Waals surface area contributed by atoms with E-state index >= 15 is 0 Å². The summed E-state index contributed by atoms with van der Waals surface area (Å²) in [5.41, 5.74) is -9.51. The second-order valence-electron chi connectivity index (χ2n) is 14.7. The standard InChI is InChI=1S/C32H40O15/c1-6-7-18(34)45-16-11-15(33)28(23(36)40-4)12-43-19-20(28)29(16)13-44-31(39,24(37)41-5)22(29)26(2,21(19)35)32-17-10-14(27(32,3)47-32)30(38)8-9-42-25(30)46-17/h6-9,14-17,19-22,25,33,35,38-39H,10-13H2,1-5H3/b7-6+. The third kappa shape index (κ3) is 3.11. The highest BCUT2D eigenvalue weighted by atomic mass is 16.7. The molecule has 258 valence electrons. The van der Waals surface area contributed by atoms with Gasteiger partial charge in [-0.2, -0.15) is 0 Å². The Labute approximate surface area is 269 Å². The summed E-state index contributed by atoms with van der Waals surface area (Å²) in [5, 5.41) is 48.7. The number of allylic oxidation sites excluding steroid dienone is 1. The van der Waals surface area contributed by atoms with Crippen LogP contribution in [0.1, 0.15) is 33.6 Å². The fourth-order valence-electron chi connectivity index (χ4n) is 11.8. The molecule has 0 aromatic carbocycles. The number of esters is 3. The third-order valence-electron chi connectivity index (χ3n) is 13.4. The van der Waals surface area contributed by atoms with Crippen LogP contribution in [0, 0.1) is 34.0 Å². The average Bonchev–Trinajstić information content (AvgIpc) is 3.41. The highest BCUT2D eigenvalue weighted by molar-refractivity contribution is 5.83. The second-order valence-corrected chi connectivity index (χ2v) is 14.7. The number of aliphatic hydroxyl groups excluding tert-OH is 2. The van der Waals surface area contributed by atoms with Crippen molar-refractivity contribution in [2.45, 2.75) is 93.0 Å². The molecule has 4 N–H and O–H groups in total. The van der Waals surface area contributed by atoms with Gasteiger partial charge >= 0.3 is 17.9 Å². The first-order valence-corrected chi connectivity index (χ1v) is 15.9. The van der Waals surface area contributed by atoms with Crippen LogP contribution in [-0.4, -0.2) is 125 Å². The van der Waals surface area contributed by atoms with Crippen LogP contribution in [-0.2, 0) is 52.3 Å². The fourth-order valence-corrected chi connectivity index (χ4v) is 11.8. The van der Waals surface area contributed by atoms with Crippen LogP contribution in [0.2, 0.25) is 0 Å². The van der Waals surface area contributed by atoms with Crippen LogP contribution < -0.4 is 0 Å². The van der Waals surface area contributed by atoms with Crippen molar-refractivity contribution < 1.29 is 72.7 Å². The van der Waals surface area contributed by atoms with Crippen molar-refractivity contribution in [2.24, 2.45) is 34.0 Å². The summed E-state index contributed by atoms with van der Waals surface area (Å²) in [6.45, 7) is 4.19. The Morgan fingerprint density at radius 3 is 2.43 bits per heavy atom. The lowest BCUT2D eigenvalue weighted by Gasteiger charge is -2.65. The lowest BCUT2D eigenvalue weighted by molar-refractivity contribution is -0.314. The summed E-state index contributed by atoms with van der Waals surface area (Å²) in [6, 6.07) is 0. The van der Waals surface area contributed by atoms with E-state index in [9.17, 15) is 34.8 Å². The molecule has 15 heteroatoms. The van der Waals surface area contributed by atoms with Gasteiger partial charge in [0.1, 0.15) is 22.7 Å². The topological polar surface area (TPSA) is 209 Å². The van der Waals surface area contributed by atoms with Crippen molar-refractivity contribution in [1.29, 1.82) is 0 Å². The Hall–Kier alpha value is -2.63. The van der Waals surface area contributed by atoms with Gasteiger partial charge in [0.2, 0.25) is 6.29 Å². The molecule has 15 nitrogen and oxygen atoms in total. The van der Waals surface area contributed by atoms with Gasteiger partial charge in [-0.3, -0.25) is 4.79 Å². The van der Waals surface area contributed by atoms with E-state index in [4.69, 9.17) is 37.9 Å². The number of carbonyl (C=O) groups is 3. The van der Waals surface area contributed by atoms with E-state index in [1.807, 2.05) is 0 Å². The van der Waals surface area contributed by atoms with Crippen molar-refractivity contribution in [3.05, 3.63) is 24.5 Å². The lowest BCUT2D eigenvalue weighted by atomic mass is 9.37. The van der Waals surface area contributed by atoms with E-state index in [-0.39, 0.29) is 19.4 Å². The Kier molecular flexibility index (Phi) is 6.28. The summed E-state index contributed by atoms with van der Waals surface area (Å²) >= 11 is 0. The first kappa shape index (κ1) is 31.6. The maximum absolute atomic E-state index is 13.8. The largest absolute Gasteiger partial charge is 0.469 e. The van der Waals surface area contributed by atoms with Crippen LogP contribution in [0.5, 0.6) is 0 Å². The van der Waals surface area contributed by atoms with Gasteiger partial charge in [-0.15, -0.1) is 0 Å². The molecule has 47 heavy (non-hydrogen) atoms. The molecule has 5 aliphatic heterocycles. The number of epoxide rings is 1. The first-order chi connectivity index (χ1) is 22.1. The fraction of sp³-hybridized carbons (Fsp3) is 0.781. The average molecular weight is 665 g/mol. The van der Waals surface area contributed by atoms with Gasteiger partial charge in [0.05, 0.1) is 58.1 Å². The molecular formula is C32H40O15. The van der Waals surface area contributed by atoms with E-state index in [0.29, 0.717) is 0 Å². The van der Waals surface area contributed by atoms with E-state index in [1.54, 1.807) is 20.8 Å². The Bertz CT molecular complexity index is 1500. The molecule has 3 saturated carbocycles. The van der Waals surface area contributed by atoms with Crippen molar-refractivity contribution in [2.75, 3.05) is 27.4 Å². The van der Waals surface area contributed by atoms with Crippen LogP contribution in [0.15, 0.2) is 24.5 Å². The lowest BCUT2D eigenvalue weighted by Crippen LogP contribution is -2.79. The summed E-state index contributed by atoms with van der Waals surface area (Å²) in [7, 11) is 2.23. The molecular weight excluding hydrogens is 624 g/mol. The molecule has 2 bridgehead atoms. The molecule has 8 aliphatic rings. The van der Waals surface area contributed by atoms with Gasteiger partial charge in [0.15, 0.2) is 5.60 Å². The summed E-state index contributed by atoms with van der Waals surface area (Å²) in [4.78, 5) is 40.6. The van der Waals surface area contributed by atoms with Gasteiger partial charge in [-0.25, -0.2) is 9.59 Å². The minimum absolute atomic E-state index is 0.274. The zero-order valence-electron chi connectivity index (χ0n) is 26.6. The van der Waals surface area contributed by atoms with Crippen LogP contribution in [0.4, 0.5) is 0 Å². The maximum Gasteiger partial charge on any atom is 0.366 e. The van der Waals surface area contributed by atoms with Crippen molar-refractivity contribution in [3.63, 3.8) is 0 Å². The Morgan fingerprint density at radius 2 is 1.74 bits per heavy atom. The van der Waals surface area contributed by atoms with Crippen LogP contribution in [0.25, 0.3) is 0 Å². The highest BCUT2D eigenvalue weighted by Gasteiger charge is 2.97. The number of methoxy groups -OCH3 is 2. The minimum Gasteiger partial charge on any atom is -0.469 e. The van der Waals surface area contributed by atoms with Crippen molar-refractivity contribution in [3.8, 4) is 0 Å². The van der Waals surface area contributed by atoms with Gasteiger partial charge in [0, 0.05) is 41.1 Å². The minimum atomic E-state index is -2.78. The molecule has 16 atom stereocenters. The number of rotatable bonds is 5. The van der Waals surface area contributed by atoms with E-state index in [2.05, 4.69) is 0 Å². The van der Waals surface area contributed by atoms with Gasteiger partial charge < -0.3 is 58.3 Å². The predicted molar refractivity (Wildman–Crippen MR) is 150 cm³/mol.